The molecule has 1 nitrogen and oxygen atoms in total. The van der Waals surface area contributed by atoms with Gasteiger partial charge in [-0.1, -0.05) is 32.4 Å². The summed E-state index contributed by atoms with van der Waals surface area (Å²) in [6.07, 6.45) is 12.0. The molecule has 1 fully saturated rings. The number of hydrogen-bond acceptors (Lipinski definition) is 1. The molecule has 0 bridgehead atoms. The normalized spacial score (nSPS) is 36.4. The van der Waals surface area contributed by atoms with E-state index in [-0.39, 0.29) is 6.10 Å². The summed E-state index contributed by atoms with van der Waals surface area (Å²) >= 11 is 0. The van der Waals surface area contributed by atoms with Gasteiger partial charge in [-0.25, -0.2) is 0 Å². The van der Waals surface area contributed by atoms with Gasteiger partial charge in [0.05, 0.1) is 6.10 Å². The standard InChI is InChI=1S/C8H16O.C5H8/c1-6-3-4-7(2)8(9)5-6;1-2-4-5-3-1/h6-9H,3-5H2,1-2H3;1-2H,3-5H2. The van der Waals surface area contributed by atoms with Crippen LogP contribution in [0.4, 0.5) is 0 Å². The number of hydrogen-bond donors (Lipinski definition) is 1. The van der Waals surface area contributed by atoms with Gasteiger partial charge in [0.15, 0.2) is 0 Å². The molecule has 2 aliphatic rings. The molecule has 0 aromatic carbocycles. The molecule has 14 heavy (non-hydrogen) atoms. The highest BCUT2D eigenvalue weighted by molar-refractivity contribution is 4.88. The first-order chi connectivity index (χ1) is 6.70. The van der Waals surface area contributed by atoms with E-state index >= 15 is 0 Å². The maximum atomic E-state index is 9.35. The molecule has 2 rings (SSSR count). The smallest absolute Gasteiger partial charge is 0.0568 e. The molecule has 3 unspecified atom stereocenters. The average molecular weight is 196 g/mol. The number of rotatable bonds is 0. The van der Waals surface area contributed by atoms with E-state index in [0.717, 1.165) is 12.3 Å². The fourth-order valence-corrected chi connectivity index (χ4v) is 2.09. The molecule has 0 saturated heterocycles. The Hall–Kier alpha value is -0.300. The zero-order valence-corrected chi connectivity index (χ0v) is 9.58. The summed E-state index contributed by atoms with van der Waals surface area (Å²) in [5.74, 6) is 1.29. The van der Waals surface area contributed by atoms with E-state index in [9.17, 15) is 5.11 Å². The van der Waals surface area contributed by atoms with Crippen molar-refractivity contribution in [1.82, 2.24) is 0 Å². The van der Waals surface area contributed by atoms with E-state index < -0.39 is 0 Å². The molecule has 0 aromatic heterocycles. The van der Waals surface area contributed by atoms with Crippen LogP contribution in [0.3, 0.4) is 0 Å². The molecule has 0 heterocycles. The summed E-state index contributed by atoms with van der Waals surface area (Å²) in [6, 6.07) is 0. The molecule has 0 aromatic rings. The molecular formula is C13H24O. The molecule has 3 atom stereocenters. The fraction of sp³-hybridized carbons (Fsp3) is 0.846. The molecule has 0 radical (unpaired) electrons. The van der Waals surface area contributed by atoms with Crippen LogP contribution in [-0.2, 0) is 0 Å². The van der Waals surface area contributed by atoms with Crippen LogP contribution in [0.25, 0.3) is 0 Å². The molecule has 1 saturated carbocycles. The van der Waals surface area contributed by atoms with Crippen molar-refractivity contribution in [2.24, 2.45) is 11.8 Å². The zero-order valence-electron chi connectivity index (χ0n) is 9.58. The monoisotopic (exact) mass is 196 g/mol. The van der Waals surface area contributed by atoms with Crippen molar-refractivity contribution in [2.75, 3.05) is 0 Å². The first-order valence-electron chi connectivity index (χ1n) is 6.03. The highest BCUT2D eigenvalue weighted by Crippen LogP contribution is 2.27. The largest absolute Gasteiger partial charge is 0.393 e. The number of aliphatic hydroxyl groups is 1. The van der Waals surface area contributed by atoms with Crippen molar-refractivity contribution in [1.29, 1.82) is 0 Å². The van der Waals surface area contributed by atoms with Crippen LogP contribution in [0, 0.1) is 11.8 Å². The molecule has 0 spiro atoms. The second-order valence-corrected chi connectivity index (χ2v) is 4.87. The molecule has 0 amide bonds. The third kappa shape index (κ3) is 4.28. The maximum Gasteiger partial charge on any atom is 0.0568 e. The van der Waals surface area contributed by atoms with Gasteiger partial charge in [0.25, 0.3) is 0 Å². The van der Waals surface area contributed by atoms with Gasteiger partial charge >= 0.3 is 0 Å². The van der Waals surface area contributed by atoms with Crippen molar-refractivity contribution < 1.29 is 5.11 Å². The molecule has 2 aliphatic carbocycles. The molecule has 1 N–H and O–H groups in total. The van der Waals surface area contributed by atoms with Crippen molar-refractivity contribution in [3.63, 3.8) is 0 Å². The summed E-state index contributed by atoms with van der Waals surface area (Å²) in [6.45, 7) is 4.35. The lowest BCUT2D eigenvalue weighted by Crippen LogP contribution is -2.25. The van der Waals surface area contributed by atoms with Crippen LogP contribution in [-0.4, -0.2) is 11.2 Å². The predicted molar refractivity (Wildman–Crippen MR) is 61.2 cm³/mol. The van der Waals surface area contributed by atoms with Crippen LogP contribution in [0.15, 0.2) is 12.2 Å². The Labute approximate surface area is 88.2 Å². The lowest BCUT2D eigenvalue weighted by atomic mass is 9.82. The summed E-state index contributed by atoms with van der Waals surface area (Å²) in [7, 11) is 0. The fourth-order valence-electron chi connectivity index (χ4n) is 2.09. The van der Waals surface area contributed by atoms with Crippen LogP contribution >= 0.6 is 0 Å². The minimum Gasteiger partial charge on any atom is -0.393 e. The lowest BCUT2D eigenvalue weighted by Gasteiger charge is -2.28. The second kappa shape index (κ2) is 6.23. The van der Waals surface area contributed by atoms with Crippen molar-refractivity contribution in [3.8, 4) is 0 Å². The Balaban J connectivity index is 0.000000165. The minimum atomic E-state index is -0.0197. The Morgan fingerprint density at radius 1 is 1.07 bits per heavy atom. The van der Waals surface area contributed by atoms with Crippen LogP contribution in [0.5, 0.6) is 0 Å². The lowest BCUT2D eigenvalue weighted by molar-refractivity contribution is 0.0577. The van der Waals surface area contributed by atoms with Gasteiger partial charge in [-0.2, -0.15) is 0 Å². The van der Waals surface area contributed by atoms with Crippen molar-refractivity contribution in [2.45, 2.75) is 58.5 Å². The summed E-state index contributed by atoms with van der Waals surface area (Å²) in [5.41, 5.74) is 0. The molecule has 0 aliphatic heterocycles. The third-order valence-electron chi connectivity index (χ3n) is 3.32. The van der Waals surface area contributed by atoms with Gasteiger partial charge in [0, 0.05) is 0 Å². The molecule has 1 heteroatoms. The van der Waals surface area contributed by atoms with Crippen molar-refractivity contribution >= 4 is 0 Å². The first kappa shape index (κ1) is 11.8. The van der Waals surface area contributed by atoms with Gasteiger partial charge in [0.2, 0.25) is 0 Å². The highest BCUT2D eigenvalue weighted by Gasteiger charge is 2.22. The first-order valence-corrected chi connectivity index (χ1v) is 6.03. The Morgan fingerprint density at radius 2 is 1.71 bits per heavy atom. The number of allylic oxidation sites excluding steroid dienone is 2. The third-order valence-corrected chi connectivity index (χ3v) is 3.32. The van der Waals surface area contributed by atoms with Crippen LogP contribution in [0.1, 0.15) is 52.4 Å². The molecule has 82 valence electrons. The Morgan fingerprint density at radius 3 is 2.07 bits per heavy atom. The van der Waals surface area contributed by atoms with E-state index in [1.165, 1.54) is 32.1 Å². The second-order valence-electron chi connectivity index (χ2n) is 4.87. The predicted octanol–water partition coefficient (Wildman–Crippen LogP) is 3.53. The minimum absolute atomic E-state index is 0.0197. The Kier molecular flexibility index (Phi) is 5.24. The van der Waals surface area contributed by atoms with E-state index in [1.807, 2.05) is 0 Å². The maximum absolute atomic E-state index is 9.35. The van der Waals surface area contributed by atoms with Crippen LogP contribution in [0.2, 0.25) is 0 Å². The Bertz CT molecular complexity index is 168. The quantitative estimate of drug-likeness (QED) is 0.588. The van der Waals surface area contributed by atoms with Gasteiger partial charge in [-0.3, -0.25) is 0 Å². The van der Waals surface area contributed by atoms with E-state index in [2.05, 4.69) is 26.0 Å². The van der Waals surface area contributed by atoms with E-state index in [0.29, 0.717) is 5.92 Å². The number of aliphatic hydroxyl groups excluding tert-OH is 1. The van der Waals surface area contributed by atoms with E-state index in [1.54, 1.807) is 0 Å². The van der Waals surface area contributed by atoms with Crippen molar-refractivity contribution in [3.05, 3.63) is 12.2 Å². The van der Waals surface area contributed by atoms with Gasteiger partial charge in [-0.15, -0.1) is 0 Å². The average Bonchev–Trinajstić information content (AvgIpc) is 2.69. The van der Waals surface area contributed by atoms with E-state index in [4.69, 9.17) is 0 Å². The summed E-state index contributed by atoms with van der Waals surface area (Å²) in [4.78, 5) is 0. The zero-order chi connectivity index (χ0) is 10.4. The highest BCUT2D eigenvalue weighted by atomic mass is 16.3. The molecular weight excluding hydrogens is 172 g/mol. The van der Waals surface area contributed by atoms with Gasteiger partial charge in [-0.05, 0) is 43.9 Å². The SMILES string of the molecule is C1=CCCC1.CC1CCC(C)C(O)C1. The van der Waals surface area contributed by atoms with Gasteiger partial charge < -0.3 is 5.11 Å². The topological polar surface area (TPSA) is 20.2 Å². The summed E-state index contributed by atoms with van der Waals surface area (Å²) in [5, 5.41) is 9.35. The van der Waals surface area contributed by atoms with Crippen LogP contribution < -0.4 is 0 Å². The van der Waals surface area contributed by atoms with Gasteiger partial charge in [0.1, 0.15) is 0 Å². The summed E-state index contributed by atoms with van der Waals surface area (Å²) < 4.78 is 0.